The maximum Gasteiger partial charge on any atom is 0.155 e. The molecule has 0 saturated heterocycles. The van der Waals surface area contributed by atoms with Crippen molar-refractivity contribution in [3.8, 4) is 0 Å². The van der Waals surface area contributed by atoms with Crippen molar-refractivity contribution >= 4 is 5.78 Å². The number of nitrogens with two attached hydrogens (primary N) is 1. The Morgan fingerprint density at radius 1 is 1.65 bits per heavy atom. The summed E-state index contributed by atoms with van der Waals surface area (Å²) >= 11 is 0. The molecule has 0 aliphatic heterocycles. The van der Waals surface area contributed by atoms with E-state index >= 15 is 0 Å². The molecular formula is C10H13N5O2. The van der Waals surface area contributed by atoms with Crippen LogP contribution in [-0.4, -0.2) is 36.7 Å². The van der Waals surface area contributed by atoms with Crippen LogP contribution in [-0.2, 0) is 17.6 Å². The number of H-pyrrole nitrogens is 1. The Morgan fingerprint density at radius 2 is 2.47 bits per heavy atom. The number of carbonyl (C=O) groups excluding carboxylic acids is 1. The first-order chi connectivity index (χ1) is 8.15. The normalized spacial score (nSPS) is 12.5. The average molecular weight is 235 g/mol. The molecule has 0 saturated carbocycles. The number of nitrogens with zero attached hydrogens (tertiary/aromatic N) is 3. The number of aromatic amines is 1. The van der Waals surface area contributed by atoms with Gasteiger partial charge in [0.15, 0.2) is 5.78 Å². The van der Waals surface area contributed by atoms with Gasteiger partial charge < -0.3 is 15.9 Å². The number of Topliss-reactive ketones (excluding diaryl/α,β-unsaturated/α-hetero) is 1. The highest BCUT2D eigenvalue weighted by Gasteiger charge is 2.16. The molecule has 2 aromatic rings. The Bertz CT molecular complexity index is 491. The number of carbonyl (C=O) groups is 1. The van der Waals surface area contributed by atoms with Crippen molar-refractivity contribution in [3.05, 3.63) is 36.4 Å². The van der Waals surface area contributed by atoms with E-state index in [0.29, 0.717) is 12.1 Å². The van der Waals surface area contributed by atoms with Crippen LogP contribution in [0.5, 0.6) is 0 Å². The molecule has 0 unspecified atom stereocenters. The highest BCUT2D eigenvalue weighted by atomic mass is 16.5. The maximum atomic E-state index is 11.8. The second-order valence-electron chi connectivity index (χ2n) is 3.78. The van der Waals surface area contributed by atoms with E-state index in [0.717, 1.165) is 10.4 Å². The first-order valence-electron chi connectivity index (χ1n) is 5.13. The maximum absolute atomic E-state index is 11.8. The Labute approximate surface area is 97.3 Å². The van der Waals surface area contributed by atoms with Crippen molar-refractivity contribution in [1.29, 1.82) is 0 Å². The van der Waals surface area contributed by atoms with Gasteiger partial charge in [0, 0.05) is 18.3 Å². The summed E-state index contributed by atoms with van der Waals surface area (Å²) in [6.45, 7) is 0. The van der Waals surface area contributed by atoms with E-state index < -0.39 is 6.04 Å². The molecule has 2 aromatic heterocycles. The monoisotopic (exact) mass is 235 g/mol. The van der Waals surface area contributed by atoms with Crippen molar-refractivity contribution < 1.29 is 10.0 Å². The molecule has 7 nitrogen and oxygen atoms in total. The summed E-state index contributed by atoms with van der Waals surface area (Å²) in [6, 6.07) is -0.598. The minimum atomic E-state index is -0.598. The number of nitrogens with one attached hydrogen (secondary N) is 1. The van der Waals surface area contributed by atoms with Crippen LogP contribution in [0.3, 0.4) is 0 Å². The second-order valence-corrected chi connectivity index (χ2v) is 3.78. The van der Waals surface area contributed by atoms with E-state index in [1.807, 2.05) is 0 Å². The minimum Gasteiger partial charge on any atom is -0.427 e. The zero-order chi connectivity index (χ0) is 12.3. The highest BCUT2D eigenvalue weighted by Crippen LogP contribution is 2.02. The third kappa shape index (κ3) is 2.91. The van der Waals surface area contributed by atoms with Gasteiger partial charge in [0.1, 0.15) is 6.33 Å². The predicted octanol–water partition coefficient (Wildman–Crippen LogP) is -0.475. The van der Waals surface area contributed by atoms with Crippen molar-refractivity contribution in [2.75, 3.05) is 0 Å². The van der Waals surface area contributed by atoms with Crippen LogP contribution in [0.2, 0.25) is 0 Å². The number of rotatable bonds is 5. The molecule has 0 aliphatic carbocycles. The van der Waals surface area contributed by atoms with Crippen LogP contribution in [0.15, 0.2) is 25.0 Å². The van der Waals surface area contributed by atoms with Crippen molar-refractivity contribution in [2.45, 2.75) is 18.9 Å². The molecular weight excluding hydrogens is 222 g/mol. The van der Waals surface area contributed by atoms with Gasteiger partial charge in [-0.1, -0.05) is 0 Å². The molecule has 0 aromatic carbocycles. The number of hydrogen-bond acceptors (Lipinski definition) is 5. The zero-order valence-corrected chi connectivity index (χ0v) is 9.08. The summed E-state index contributed by atoms with van der Waals surface area (Å²) < 4.78 is 0.809. The van der Waals surface area contributed by atoms with Crippen LogP contribution in [0.4, 0.5) is 0 Å². The fraction of sp³-hybridized carbons (Fsp3) is 0.300. The Kier molecular flexibility index (Phi) is 3.20. The van der Waals surface area contributed by atoms with Gasteiger partial charge in [0.2, 0.25) is 0 Å². The van der Waals surface area contributed by atoms with Crippen LogP contribution in [0, 0.1) is 0 Å². The minimum absolute atomic E-state index is 0.114. The van der Waals surface area contributed by atoms with Gasteiger partial charge >= 0.3 is 0 Å². The first kappa shape index (κ1) is 11.3. The Morgan fingerprint density at radius 3 is 3.06 bits per heavy atom. The number of aromatic nitrogens is 4. The van der Waals surface area contributed by atoms with Gasteiger partial charge in [-0.25, -0.2) is 9.97 Å². The summed E-state index contributed by atoms with van der Waals surface area (Å²) in [7, 11) is 0. The van der Waals surface area contributed by atoms with E-state index in [1.165, 1.54) is 12.5 Å². The number of imidazole rings is 2. The molecule has 2 heterocycles. The number of hydrogen-bond donors (Lipinski definition) is 3. The topological polar surface area (TPSA) is 110 Å². The fourth-order valence-electron chi connectivity index (χ4n) is 1.50. The SMILES string of the molecule is N[C@@H](Cc1cnc[nH]1)C(=O)Cc1cn(O)cn1. The molecule has 0 bridgehead atoms. The second kappa shape index (κ2) is 4.79. The lowest BCUT2D eigenvalue weighted by Gasteiger charge is -2.07. The Balaban J connectivity index is 1.91. The number of ketones is 1. The van der Waals surface area contributed by atoms with Gasteiger partial charge in [0.05, 0.1) is 30.7 Å². The molecule has 0 aliphatic rings. The van der Waals surface area contributed by atoms with Crippen molar-refractivity contribution in [2.24, 2.45) is 5.73 Å². The molecule has 17 heavy (non-hydrogen) atoms. The molecule has 0 radical (unpaired) electrons. The molecule has 2 rings (SSSR count). The standard InChI is InChI=1S/C10H13N5O2/c11-9(1-7-3-12-5-13-7)10(16)2-8-4-15(17)6-14-8/h3-6,9,17H,1-2,11H2,(H,12,13)/t9-/m0/s1. The molecule has 0 amide bonds. The lowest BCUT2D eigenvalue weighted by molar-refractivity contribution is -0.119. The fourth-order valence-corrected chi connectivity index (χ4v) is 1.50. The van der Waals surface area contributed by atoms with Gasteiger partial charge in [-0.15, -0.1) is 0 Å². The van der Waals surface area contributed by atoms with Crippen LogP contribution >= 0.6 is 0 Å². The van der Waals surface area contributed by atoms with Crippen molar-refractivity contribution in [1.82, 2.24) is 19.7 Å². The summed E-state index contributed by atoms with van der Waals surface area (Å²) in [4.78, 5) is 22.3. The van der Waals surface area contributed by atoms with E-state index in [4.69, 9.17) is 10.9 Å². The van der Waals surface area contributed by atoms with Crippen molar-refractivity contribution in [3.63, 3.8) is 0 Å². The largest absolute Gasteiger partial charge is 0.427 e. The molecule has 4 N–H and O–H groups in total. The molecule has 0 fully saturated rings. The molecule has 7 heteroatoms. The summed E-state index contributed by atoms with van der Waals surface area (Å²) in [5, 5.41) is 9.01. The zero-order valence-electron chi connectivity index (χ0n) is 9.08. The summed E-state index contributed by atoms with van der Waals surface area (Å²) in [6.07, 6.45) is 6.31. The van der Waals surface area contributed by atoms with Gasteiger partial charge in [-0.05, 0) is 0 Å². The molecule has 0 spiro atoms. The van der Waals surface area contributed by atoms with Crippen LogP contribution in [0.25, 0.3) is 0 Å². The molecule has 1 atom stereocenters. The van der Waals surface area contributed by atoms with E-state index in [-0.39, 0.29) is 12.2 Å². The highest BCUT2D eigenvalue weighted by molar-refractivity contribution is 5.85. The van der Waals surface area contributed by atoms with E-state index in [1.54, 1.807) is 12.5 Å². The average Bonchev–Trinajstić information content (AvgIpc) is 2.90. The van der Waals surface area contributed by atoms with Gasteiger partial charge in [-0.2, -0.15) is 4.73 Å². The van der Waals surface area contributed by atoms with Gasteiger partial charge in [0.25, 0.3) is 0 Å². The van der Waals surface area contributed by atoms with Crippen LogP contribution in [0.1, 0.15) is 11.4 Å². The quantitative estimate of drug-likeness (QED) is 0.606. The molecule has 90 valence electrons. The smallest absolute Gasteiger partial charge is 0.155 e. The predicted molar refractivity (Wildman–Crippen MR) is 58.4 cm³/mol. The lowest BCUT2D eigenvalue weighted by atomic mass is 10.0. The van der Waals surface area contributed by atoms with E-state index in [2.05, 4.69) is 15.0 Å². The van der Waals surface area contributed by atoms with Gasteiger partial charge in [-0.3, -0.25) is 4.79 Å². The summed E-state index contributed by atoms with van der Waals surface area (Å²) in [5.74, 6) is -0.127. The van der Waals surface area contributed by atoms with E-state index in [9.17, 15) is 4.79 Å². The Hall–Kier alpha value is -2.15. The lowest BCUT2D eigenvalue weighted by Crippen LogP contribution is -2.34. The third-order valence-corrected chi connectivity index (χ3v) is 2.39. The third-order valence-electron chi connectivity index (χ3n) is 2.39. The first-order valence-corrected chi connectivity index (χ1v) is 5.13. The summed E-state index contributed by atoms with van der Waals surface area (Å²) in [5.41, 5.74) is 7.08. The van der Waals surface area contributed by atoms with Crippen LogP contribution < -0.4 is 5.73 Å².